The Labute approximate surface area is 296 Å². The maximum atomic E-state index is 13.9. The van der Waals surface area contributed by atoms with Gasteiger partial charge in [0.2, 0.25) is 10.0 Å². The van der Waals surface area contributed by atoms with E-state index in [2.05, 4.69) is 18.7 Å². The number of benzene rings is 3. The van der Waals surface area contributed by atoms with Crippen LogP contribution in [0.25, 0.3) is 11.1 Å². The van der Waals surface area contributed by atoms with Crippen LogP contribution >= 0.6 is 0 Å². The molecule has 10 heteroatoms. The molecule has 5 rings (SSSR count). The number of hydrogen-bond donors (Lipinski definition) is 1. The molecule has 1 atom stereocenters. The van der Waals surface area contributed by atoms with Crippen LogP contribution in [0.3, 0.4) is 0 Å². The van der Waals surface area contributed by atoms with Crippen molar-refractivity contribution in [3.8, 4) is 11.1 Å². The van der Waals surface area contributed by atoms with Gasteiger partial charge in [0, 0.05) is 48.7 Å². The standard InChI is InChI=1S/C40H48FN3O5S/c1-27-34(36(43-23-21-40(6,7)22-24-43)35(28(2)42-27)37(38(45)46)49-39(3,4)5)31-17-13-29(14-18-31)25-44(26-30-15-19-32(41)20-16-30)50(47,48)33-11-9-8-10-12-33/h8-20,37H,21-26H2,1-7H3,(H,45,46)/t37-/m0/s1. The van der Waals surface area contributed by atoms with Gasteiger partial charge >= 0.3 is 5.97 Å². The van der Waals surface area contributed by atoms with Gasteiger partial charge in [-0.2, -0.15) is 4.31 Å². The molecule has 1 aliphatic rings. The lowest BCUT2D eigenvalue weighted by Gasteiger charge is -2.41. The third-order valence-electron chi connectivity index (χ3n) is 9.22. The largest absolute Gasteiger partial charge is 0.479 e. The molecular formula is C40H48FN3O5S. The quantitative estimate of drug-likeness (QED) is 0.168. The molecule has 0 spiro atoms. The van der Waals surface area contributed by atoms with E-state index in [1.165, 1.54) is 16.4 Å². The van der Waals surface area contributed by atoms with Crippen molar-refractivity contribution in [3.05, 3.63) is 113 Å². The lowest BCUT2D eigenvalue weighted by atomic mass is 9.81. The third-order valence-corrected chi connectivity index (χ3v) is 11.0. The van der Waals surface area contributed by atoms with E-state index in [4.69, 9.17) is 9.72 Å². The number of anilines is 1. The van der Waals surface area contributed by atoms with Crippen molar-refractivity contribution in [1.82, 2.24) is 9.29 Å². The molecule has 0 saturated carbocycles. The number of rotatable bonds is 11. The van der Waals surface area contributed by atoms with Crippen molar-refractivity contribution < 1.29 is 27.4 Å². The van der Waals surface area contributed by atoms with E-state index in [1.54, 1.807) is 42.5 Å². The molecule has 0 bridgehead atoms. The lowest BCUT2D eigenvalue weighted by Crippen LogP contribution is -2.39. The third kappa shape index (κ3) is 8.60. The SMILES string of the molecule is Cc1nc(C)c([C@H](OC(C)(C)C)C(=O)O)c(N2CCC(C)(C)CC2)c1-c1ccc(CN(Cc2ccc(F)cc2)S(=O)(=O)c2ccccc2)cc1. The smallest absolute Gasteiger partial charge is 0.337 e. The summed E-state index contributed by atoms with van der Waals surface area (Å²) in [4.78, 5) is 20.2. The van der Waals surface area contributed by atoms with Crippen LogP contribution in [0.15, 0.2) is 83.8 Å². The number of carboxylic acid groups (broad SMARTS) is 1. The van der Waals surface area contributed by atoms with Crippen LogP contribution in [-0.4, -0.2) is 47.5 Å². The van der Waals surface area contributed by atoms with Gasteiger partial charge in [0.15, 0.2) is 6.10 Å². The number of aryl methyl sites for hydroxylation is 2. The van der Waals surface area contributed by atoms with Crippen LogP contribution in [-0.2, 0) is 32.6 Å². The van der Waals surface area contributed by atoms with Crippen LogP contribution in [0.4, 0.5) is 10.1 Å². The number of hydrogen-bond acceptors (Lipinski definition) is 6. The number of halogens is 1. The van der Waals surface area contributed by atoms with Gasteiger partial charge in [-0.1, -0.05) is 68.4 Å². The Morgan fingerprint density at radius 3 is 1.98 bits per heavy atom. The van der Waals surface area contributed by atoms with Gasteiger partial charge in [0.25, 0.3) is 0 Å². The van der Waals surface area contributed by atoms with E-state index in [0.717, 1.165) is 54.0 Å². The topological polar surface area (TPSA) is 100 Å². The highest BCUT2D eigenvalue weighted by atomic mass is 32.2. The maximum absolute atomic E-state index is 13.9. The highest BCUT2D eigenvalue weighted by Gasteiger charge is 2.36. The Hall–Kier alpha value is -4.12. The molecule has 0 unspecified atom stereocenters. The molecule has 1 fully saturated rings. The van der Waals surface area contributed by atoms with Gasteiger partial charge < -0.3 is 14.7 Å². The molecule has 3 aromatic carbocycles. The minimum Gasteiger partial charge on any atom is -0.479 e. The van der Waals surface area contributed by atoms with E-state index in [-0.39, 0.29) is 23.4 Å². The number of aromatic nitrogens is 1. The summed E-state index contributed by atoms with van der Waals surface area (Å²) in [6, 6.07) is 21.8. The molecule has 1 N–H and O–H groups in total. The summed E-state index contributed by atoms with van der Waals surface area (Å²) in [6.45, 7) is 15.5. The summed E-state index contributed by atoms with van der Waals surface area (Å²) in [6.07, 6.45) is 0.667. The fourth-order valence-corrected chi connectivity index (χ4v) is 7.93. The first-order valence-electron chi connectivity index (χ1n) is 17.0. The highest BCUT2D eigenvalue weighted by molar-refractivity contribution is 7.89. The van der Waals surface area contributed by atoms with Crippen LogP contribution in [0.1, 0.15) is 81.6 Å². The summed E-state index contributed by atoms with van der Waals surface area (Å²) in [7, 11) is -3.90. The predicted molar refractivity (Wildman–Crippen MR) is 195 cm³/mol. The van der Waals surface area contributed by atoms with Crippen molar-refractivity contribution in [1.29, 1.82) is 0 Å². The zero-order valence-corrected chi connectivity index (χ0v) is 30.9. The fourth-order valence-electron chi connectivity index (χ4n) is 6.50. The summed E-state index contributed by atoms with van der Waals surface area (Å²) < 4.78 is 49.0. The van der Waals surface area contributed by atoms with E-state index < -0.39 is 33.5 Å². The monoisotopic (exact) mass is 701 g/mol. The van der Waals surface area contributed by atoms with Gasteiger partial charge in [0.05, 0.1) is 16.2 Å². The second-order valence-corrected chi connectivity index (χ2v) is 16.9. The lowest BCUT2D eigenvalue weighted by molar-refractivity contribution is -0.160. The first-order chi connectivity index (χ1) is 23.4. The molecule has 0 aliphatic carbocycles. The molecule has 0 radical (unpaired) electrons. The molecule has 50 heavy (non-hydrogen) atoms. The van der Waals surface area contributed by atoms with Crippen molar-refractivity contribution in [2.24, 2.45) is 5.41 Å². The Morgan fingerprint density at radius 2 is 1.46 bits per heavy atom. The van der Waals surface area contributed by atoms with Gasteiger partial charge in [-0.15, -0.1) is 0 Å². The molecule has 1 aromatic heterocycles. The molecule has 1 saturated heterocycles. The van der Waals surface area contributed by atoms with Crippen molar-refractivity contribution in [3.63, 3.8) is 0 Å². The second-order valence-electron chi connectivity index (χ2n) is 14.9. The molecule has 0 amide bonds. The van der Waals surface area contributed by atoms with Crippen molar-refractivity contribution >= 4 is 21.7 Å². The van der Waals surface area contributed by atoms with E-state index in [1.807, 2.05) is 58.9 Å². The van der Waals surface area contributed by atoms with E-state index in [0.29, 0.717) is 16.8 Å². The van der Waals surface area contributed by atoms with Gasteiger partial charge in [0.1, 0.15) is 5.82 Å². The van der Waals surface area contributed by atoms with E-state index in [9.17, 15) is 22.7 Å². The molecule has 8 nitrogen and oxygen atoms in total. The van der Waals surface area contributed by atoms with Gasteiger partial charge in [-0.05, 0) is 93.8 Å². The number of ether oxygens (including phenoxy) is 1. The highest BCUT2D eigenvalue weighted by Crippen LogP contribution is 2.45. The predicted octanol–water partition coefficient (Wildman–Crippen LogP) is 8.46. The van der Waals surface area contributed by atoms with Crippen molar-refractivity contribution in [2.45, 2.75) is 91.0 Å². The number of carbonyl (C=O) groups is 1. The number of piperidine rings is 1. The van der Waals surface area contributed by atoms with Crippen LogP contribution < -0.4 is 4.90 Å². The molecule has 1 aliphatic heterocycles. The second kappa shape index (κ2) is 14.6. The number of sulfonamides is 1. The fraction of sp³-hybridized carbons (Fsp3) is 0.400. The van der Waals surface area contributed by atoms with Crippen molar-refractivity contribution in [2.75, 3.05) is 18.0 Å². The normalized spacial score (nSPS) is 15.7. The zero-order valence-electron chi connectivity index (χ0n) is 30.0. The Bertz CT molecular complexity index is 1910. The summed E-state index contributed by atoms with van der Waals surface area (Å²) in [5.41, 5.74) is 5.30. The number of carboxylic acids is 1. The van der Waals surface area contributed by atoms with Gasteiger partial charge in [-0.3, -0.25) is 4.98 Å². The summed E-state index contributed by atoms with van der Waals surface area (Å²) in [5.74, 6) is -1.47. The minimum atomic E-state index is -3.90. The van der Waals surface area contributed by atoms with E-state index >= 15 is 0 Å². The zero-order chi connectivity index (χ0) is 36.4. The Balaban J connectivity index is 1.58. The molecule has 4 aromatic rings. The Kier molecular flexibility index (Phi) is 10.9. The molecule has 2 heterocycles. The Morgan fingerprint density at radius 1 is 0.920 bits per heavy atom. The van der Waals surface area contributed by atoms with Gasteiger partial charge in [-0.25, -0.2) is 17.6 Å². The number of pyridine rings is 1. The average Bonchev–Trinajstić information content (AvgIpc) is 3.05. The molecule has 266 valence electrons. The average molecular weight is 702 g/mol. The van der Waals surface area contributed by atoms with Crippen LogP contribution in [0, 0.1) is 25.1 Å². The first-order valence-corrected chi connectivity index (χ1v) is 18.4. The minimum absolute atomic E-state index is 0.0589. The van der Waals surface area contributed by atoms with Crippen LogP contribution in [0.2, 0.25) is 0 Å². The maximum Gasteiger partial charge on any atom is 0.337 e. The summed E-state index contributed by atoms with van der Waals surface area (Å²) in [5, 5.41) is 10.5. The summed E-state index contributed by atoms with van der Waals surface area (Å²) >= 11 is 0. The number of aliphatic carboxylic acids is 1. The molecular weight excluding hydrogens is 654 g/mol. The number of nitrogens with zero attached hydrogens (tertiary/aromatic N) is 3. The van der Waals surface area contributed by atoms with Crippen LogP contribution in [0.5, 0.6) is 0 Å². The first kappa shape index (κ1) is 37.1.